The molecule has 0 fully saturated rings. The van der Waals surface area contributed by atoms with Gasteiger partial charge in [0.15, 0.2) is 5.58 Å². The molecule has 5 heteroatoms. The van der Waals surface area contributed by atoms with E-state index in [9.17, 15) is 4.79 Å². The molecule has 1 aromatic carbocycles. The summed E-state index contributed by atoms with van der Waals surface area (Å²) in [5, 5.41) is 7.55. The van der Waals surface area contributed by atoms with E-state index in [4.69, 9.17) is 4.52 Å². The molecule has 3 rings (SSSR count). The Hall–Kier alpha value is -2.69. The van der Waals surface area contributed by atoms with Gasteiger partial charge in [0.05, 0.1) is 6.42 Å². The van der Waals surface area contributed by atoms with Gasteiger partial charge in [-0.2, -0.15) is 0 Å². The fourth-order valence-corrected chi connectivity index (χ4v) is 2.01. The van der Waals surface area contributed by atoms with Crippen LogP contribution in [0.5, 0.6) is 0 Å². The molecule has 2 heterocycles. The molecule has 0 aliphatic rings. The van der Waals surface area contributed by atoms with Gasteiger partial charge in [0.2, 0.25) is 5.91 Å². The molecular formula is C15H13N3O2. The van der Waals surface area contributed by atoms with Crippen LogP contribution < -0.4 is 5.32 Å². The first-order chi connectivity index (χ1) is 9.72. The topological polar surface area (TPSA) is 68.0 Å². The summed E-state index contributed by atoms with van der Waals surface area (Å²) in [5.41, 5.74) is 2.36. The van der Waals surface area contributed by atoms with Gasteiger partial charge in [0.25, 0.3) is 0 Å². The molecule has 0 aliphatic carbocycles. The highest BCUT2D eigenvalue weighted by atomic mass is 16.5. The molecule has 0 radical (unpaired) electrons. The summed E-state index contributed by atoms with van der Waals surface area (Å²) < 4.78 is 5.17. The molecule has 0 spiro atoms. The van der Waals surface area contributed by atoms with Gasteiger partial charge in [0.1, 0.15) is 11.5 Å². The highest BCUT2D eigenvalue weighted by Gasteiger charge is 2.12. The number of benzene rings is 1. The number of hydrogen-bond acceptors (Lipinski definition) is 4. The van der Waals surface area contributed by atoms with Crippen molar-refractivity contribution in [2.45, 2.75) is 13.3 Å². The van der Waals surface area contributed by atoms with Gasteiger partial charge in [-0.3, -0.25) is 4.79 Å². The van der Waals surface area contributed by atoms with E-state index in [1.165, 1.54) is 0 Å². The molecule has 0 unspecified atom stereocenters. The van der Waals surface area contributed by atoms with Crippen LogP contribution in [-0.2, 0) is 11.2 Å². The zero-order chi connectivity index (χ0) is 13.9. The summed E-state index contributed by atoms with van der Waals surface area (Å²) in [4.78, 5) is 16.1. The minimum atomic E-state index is -0.165. The molecule has 0 atom stereocenters. The Kier molecular flexibility index (Phi) is 3.16. The number of amides is 1. The maximum atomic E-state index is 12.0. The first kappa shape index (κ1) is 12.3. The van der Waals surface area contributed by atoms with E-state index in [-0.39, 0.29) is 12.3 Å². The third-order valence-corrected chi connectivity index (χ3v) is 2.96. The third kappa shape index (κ3) is 2.51. The summed E-state index contributed by atoms with van der Waals surface area (Å²) in [5.74, 6) is 0.380. The Labute approximate surface area is 115 Å². The van der Waals surface area contributed by atoms with Crippen LogP contribution in [0.2, 0.25) is 0 Å². The molecule has 20 heavy (non-hydrogen) atoms. The number of fused-ring (bicyclic) bond motifs is 1. The molecule has 0 aliphatic heterocycles. The standard InChI is InChI=1S/C15H13N3O2/c1-10-6-7-16-14(8-10)17-15(19)9-12-11-4-2-3-5-13(11)20-18-12/h2-8H,9H2,1H3,(H,16,17,19). The van der Waals surface area contributed by atoms with Crippen LogP contribution in [-0.4, -0.2) is 16.0 Å². The lowest BCUT2D eigenvalue weighted by atomic mass is 10.1. The molecular weight excluding hydrogens is 254 g/mol. The minimum Gasteiger partial charge on any atom is -0.356 e. The van der Waals surface area contributed by atoms with Crippen molar-refractivity contribution < 1.29 is 9.32 Å². The molecule has 5 nitrogen and oxygen atoms in total. The van der Waals surface area contributed by atoms with Crippen LogP contribution in [0.25, 0.3) is 11.0 Å². The van der Waals surface area contributed by atoms with Crippen LogP contribution in [0.1, 0.15) is 11.3 Å². The average Bonchev–Trinajstić information content (AvgIpc) is 2.82. The van der Waals surface area contributed by atoms with E-state index >= 15 is 0 Å². The van der Waals surface area contributed by atoms with Crippen molar-refractivity contribution in [3.05, 3.63) is 53.9 Å². The first-order valence-corrected chi connectivity index (χ1v) is 6.28. The molecule has 0 bridgehead atoms. The van der Waals surface area contributed by atoms with Gasteiger partial charge in [-0.25, -0.2) is 4.98 Å². The molecule has 1 N–H and O–H groups in total. The lowest BCUT2D eigenvalue weighted by Gasteiger charge is -2.03. The summed E-state index contributed by atoms with van der Waals surface area (Å²) in [6.07, 6.45) is 1.82. The van der Waals surface area contributed by atoms with Crippen molar-refractivity contribution in [1.29, 1.82) is 0 Å². The second-order valence-electron chi connectivity index (χ2n) is 4.57. The van der Waals surface area contributed by atoms with Gasteiger partial charge in [-0.15, -0.1) is 0 Å². The number of nitrogens with one attached hydrogen (secondary N) is 1. The number of aryl methyl sites for hydroxylation is 1. The molecule has 1 amide bonds. The van der Waals surface area contributed by atoms with E-state index in [2.05, 4.69) is 15.5 Å². The quantitative estimate of drug-likeness (QED) is 0.792. The molecule has 0 saturated heterocycles. The number of carbonyl (C=O) groups is 1. The lowest BCUT2D eigenvalue weighted by molar-refractivity contribution is -0.115. The molecule has 100 valence electrons. The fourth-order valence-electron chi connectivity index (χ4n) is 2.01. The van der Waals surface area contributed by atoms with Crippen molar-refractivity contribution in [2.24, 2.45) is 0 Å². The van der Waals surface area contributed by atoms with Crippen LogP contribution in [0.4, 0.5) is 5.82 Å². The predicted molar refractivity (Wildman–Crippen MR) is 75.3 cm³/mol. The van der Waals surface area contributed by atoms with E-state index in [0.717, 1.165) is 10.9 Å². The van der Waals surface area contributed by atoms with Gasteiger partial charge < -0.3 is 9.84 Å². The Bertz CT molecular complexity index is 764. The zero-order valence-electron chi connectivity index (χ0n) is 11.0. The number of rotatable bonds is 3. The second-order valence-corrected chi connectivity index (χ2v) is 4.57. The number of pyridine rings is 1. The Morgan fingerprint density at radius 2 is 2.15 bits per heavy atom. The molecule has 2 aromatic heterocycles. The van der Waals surface area contributed by atoms with Gasteiger partial charge in [-0.1, -0.05) is 17.3 Å². The normalized spacial score (nSPS) is 10.7. The number of nitrogens with zero attached hydrogens (tertiary/aromatic N) is 2. The SMILES string of the molecule is Cc1ccnc(NC(=O)Cc2noc3ccccc23)c1. The van der Waals surface area contributed by atoms with Gasteiger partial charge in [-0.05, 0) is 36.8 Å². The van der Waals surface area contributed by atoms with E-state index in [1.54, 1.807) is 6.20 Å². The number of hydrogen-bond donors (Lipinski definition) is 1. The molecule has 0 saturated carbocycles. The van der Waals surface area contributed by atoms with Crippen LogP contribution in [0.15, 0.2) is 47.1 Å². The van der Waals surface area contributed by atoms with Crippen molar-refractivity contribution in [1.82, 2.24) is 10.1 Å². The Balaban J connectivity index is 1.76. The fraction of sp³-hybridized carbons (Fsp3) is 0.133. The van der Waals surface area contributed by atoms with Crippen LogP contribution in [0, 0.1) is 6.92 Å². The number of aromatic nitrogens is 2. The predicted octanol–water partition coefficient (Wildman–Crippen LogP) is 2.71. The summed E-state index contributed by atoms with van der Waals surface area (Å²) in [6, 6.07) is 11.2. The number of para-hydroxylation sites is 1. The maximum absolute atomic E-state index is 12.0. The van der Waals surface area contributed by atoms with E-state index in [1.807, 2.05) is 43.3 Å². The largest absolute Gasteiger partial charge is 0.356 e. The van der Waals surface area contributed by atoms with Gasteiger partial charge in [0, 0.05) is 11.6 Å². The van der Waals surface area contributed by atoms with Gasteiger partial charge >= 0.3 is 0 Å². The van der Waals surface area contributed by atoms with Crippen molar-refractivity contribution in [3.8, 4) is 0 Å². The van der Waals surface area contributed by atoms with E-state index in [0.29, 0.717) is 17.1 Å². The minimum absolute atomic E-state index is 0.159. The smallest absolute Gasteiger partial charge is 0.231 e. The highest BCUT2D eigenvalue weighted by Crippen LogP contribution is 2.18. The highest BCUT2D eigenvalue weighted by molar-refractivity contribution is 5.94. The summed E-state index contributed by atoms with van der Waals surface area (Å²) >= 11 is 0. The second kappa shape index (κ2) is 5.13. The van der Waals surface area contributed by atoms with Crippen LogP contribution >= 0.6 is 0 Å². The Morgan fingerprint density at radius 1 is 1.30 bits per heavy atom. The third-order valence-electron chi connectivity index (χ3n) is 2.96. The average molecular weight is 267 g/mol. The van der Waals surface area contributed by atoms with Crippen molar-refractivity contribution in [2.75, 3.05) is 5.32 Å². The summed E-state index contributed by atoms with van der Waals surface area (Å²) in [7, 11) is 0. The summed E-state index contributed by atoms with van der Waals surface area (Å²) in [6.45, 7) is 1.95. The Morgan fingerprint density at radius 3 is 3.00 bits per heavy atom. The van der Waals surface area contributed by atoms with Crippen LogP contribution in [0.3, 0.4) is 0 Å². The monoisotopic (exact) mass is 267 g/mol. The van der Waals surface area contributed by atoms with E-state index < -0.39 is 0 Å². The number of anilines is 1. The first-order valence-electron chi connectivity index (χ1n) is 6.28. The number of carbonyl (C=O) groups excluding carboxylic acids is 1. The van der Waals surface area contributed by atoms with Crippen molar-refractivity contribution in [3.63, 3.8) is 0 Å². The lowest BCUT2D eigenvalue weighted by Crippen LogP contribution is -2.15. The van der Waals surface area contributed by atoms with Crippen molar-refractivity contribution >= 4 is 22.7 Å². The maximum Gasteiger partial charge on any atom is 0.231 e. The zero-order valence-corrected chi connectivity index (χ0v) is 11.0. The molecule has 3 aromatic rings.